The first-order valence-corrected chi connectivity index (χ1v) is 3.23. The molecule has 1 heterocycles. The molecule has 0 unspecified atom stereocenters. The van der Waals surface area contributed by atoms with Crippen molar-refractivity contribution in [2.45, 2.75) is 12.8 Å². The van der Waals surface area contributed by atoms with Crippen LogP contribution in [0.15, 0.2) is 5.16 Å². The fraction of sp³-hybridized carbons (Fsp3) is 0.667. The summed E-state index contributed by atoms with van der Waals surface area (Å²) in [6.07, 6.45) is 1.67. The highest BCUT2D eigenvalue weighted by molar-refractivity contribution is 6.39. The predicted octanol–water partition coefficient (Wildman–Crippen LogP) is -0.101. The third kappa shape index (κ3) is 1.46. The van der Waals surface area contributed by atoms with Gasteiger partial charge in [-0.1, -0.05) is 5.16 Å². The molecule has 0 spiro atoms. The zero-order chi connectivity index (χ0) is 7.40. The lowest BCUT2D eigenvalue weighted by Gasteiger charge is -2.11. The number of nitrogens with zero attached hydrogens (tertiary/aromatic N) is 1. The molecule has 10 heavy (non-hydrogen) atoms. The van der Waals surface area contributed by atoms with Gasteiger partial charge in [-0.15, -0.1) is 0 Å². The Morgan fingerprint density at radius 3 is 3.10 bits per heavy atom. The second-order valence-electron chi connectivity index (χ2n) is 2.08. The van der Waals surface area contributed by atoms with E-state index in [4.69, 9.17) is 0 Å². The predicted molar refractivity (Wildman–Crippen MR) is 36.7 cm³/mol. The first-order valence-electron chi connectivity index (χ1n) is 3.23. The number of nitrogens with one attached hydrogen (secondary N) is 1. The molecule has 1 fully saturated rings. The SMILES string of the molecule is CO/N=C1\CCCNC1=O. The molecule has 1 amide bonds. The average molecular weight is 142 g/mol. The van der Waals surface area contributed by atoms with Crippen molar-refractivity contribution >= 4 is 11.6 Å². The fourth-order valence-corrected chi connectivity index (χ4v) is 0.871. The van der Waals surface area contributed by atoms with Gasteiger partial charge in [0.15, 0.2) is 0 Å². The number of oxime groups is 1. The third-order valence-electron chi connectivity index (χ3n) is 1.34. The Balaban J connectivity index is 2.56. The van der Waals surface area contributed by atoms with E-state index in [2.05, 4.69) is 15.3 Å². The lowest BCUT2D eigenvalue weighted by atomic mass is 10.1. The van der Waals surface area contributed by atoms with Crippen molar-refractivity contribution in [1.82, 2.24) is 5.32 Å². The smallest absolute Gasteiger partial charge is 0.269 e. The number of hydrogen-bond acceptors (Lipinski definition) is 3. The molecule has 4 heteroatoms. The minimum Gasteiger partial charge on any atom is -0.399 e. The standard InChI is InChI=1S/C6H10N2O2/c1-10-8-5-3-2-4-7-6(5)9/h2-4H2,1H3,(H,7,9)/b8-5+. The molecular weight excluding hydrogens is 132 g/mol. The maximum absolute atomic E-state index is 10.9. The van der Waals surface area contributed by atoms with E-state index in [0.29, 0.717) is 5.71 Å². The maximum atomic E-state index is 10.9. The Labute approximate surface area is 59.2 Å². The first kappa shape index (κ1) is 7.05. The lowest BCUT2D eigenvalue weighted by molar-refractivity contribution is -0.115. The van der Waals surface area contributed by atoms with Crippen molar-refractivity contribution < 1.29 is 9.63 Å². The molecule has 0 radical (unpaired) electrons. The summed E-state index contributed by atoms with van der Waals surface area (Å²) in [5.41, 5.74) is 0.494. The van der Waals surface area contributed by atoms with E-state index in [1.807, 2.05) is 0 Å². The van der Waals surface area contributed by atoms with E-state index in [1.165, 1.54) is 7.11 Å². The Morgan fingerprint density at radius 1 is 1.70 bits per heavy atom. The van der Waals surface area contributed by atoms with Crippen LogP contribution in [0.5, 0.6) is 0 Å². The van der Waals surface area contributed by atoms with Crippen molar-refractivity contribution in [1.29, 1.82) is 0 Å². The van der Waals surface area contributed by atoms with Crippen LogP contribution in [0.2, 0.25) is 0 Å². The first-order chi connectivity index (χ1) is 4.84. The molecule has 0 aliphatic carbocycles. The minimum atomic E-state index is -0.104. The van der Waals surface area contributed by atoms with Crippen molar-refractivity contribution in [2.24, 2.45) is 5.16 Å². The Hall–Kier alpha value is -1.06. The van der Waals surface area contributed by atoms with Gasteiger partial charge in [0.25, 0.3) is 5.91 Å². The minimum absolute atomic E-state index is 0.104. The molecule has 1 rings (SSSR count). The van der Waals surface area contributed by atoms with Crippen LogP contribution >= 0.6 is 0 Å². The molecule has 0 atom stereocenters. The Morgan fingerprint density at radius 2 is 2.50 bits per heavy atom. The van der Waals surface area contributed by atoms with Gasteiger partial charge in [-0.2, -0.15) is 0 Å². The van der Waals surface area contributed by atoms with Crippen LogP contribution < -0.4 is 5.32 Å². The summed E-state index contributed by atoms with van der Waals surface area (Å²) >= 11 is 0. The van der Waals surface area contributed by atoms with Gasteiger partial charge in [0.05, 0.1) is 0 Å². The Bertz CT molecular complexity index is 165. The highest BCUT2D eigenvalue weighted by Crippen LogP contribution is 1.98. The van der Waals surface area contributed by atoms with Crippen LogP contribution in [-0.4, -0.2) is 25.3 Å². The monoisotopic (exact) mass is 142 g/mol. The van der Waals surface area contributed by atoms with Crippen LogP contribution in [0.1, 0.15) is 12.8 Å². The van der Waals surface area contributed by atoms with Gasteiger partial charge >= 0.3 is 0 Å². The Kier molecular flexibility index (Phi) is 2.25. The van der Waals surface area contributed by atoms with Crippen LogP contribution in [0.25, 0.3) is 0 Å². The van der Waals surface area contributed by atoms with Gasteiger partial charge in [0.2, 0.25) is 0 Å². The van der Waals surface area contributed by atoms with E-state index < -0.39 is 0 Å². The molecule has 4 nitrogen and oxygen atoms in total. The second kappa shape index (κ2) is 3.20. The summed E-state index contributed by atoms with van der Waals surface area (Å²) in [6.45, 7) is 0.752. The average Bonchev–Trinajstić information content (AvgIpc) is 1.94. The van der Waals surface area contributed by atoms with Crippen molar-refractivity contribution in [3.05, 3.63) is 0 Å². The van der Waals surface area contributed by atoms with E-state index in [9.17, 15) is 4.79 Å². The molecule has 1 saturated heterocycles. The van der Waals surface area contributed by atoms with E-state index in [0.717, 1.165) is 19.4 Å². The number of amides is 1. The van der Waals surface area contributed by atoms with Crippen LogP contribution in [0.4, 0.5) is 0 Å². The van der Waals surface area contributed by atoms with Gasteiger partial charge < -0.3 is 10.2 Å². The summed E-state index contributed by atoms with van der Waals surface area (Å²) < 4.78 is 0. The fourth-order valence-electron chi connectivity index (χ4n) is 0.871. The normalized spacial score (nSPS) is 22.5. The van der Waals surface area contributed by atoms with Crippen LogP contribution in [0, 0.1) is 0 Å². The van der Waals surface area contributed by atoms with Gasteiger partial charge in [0, 0.05) is 13.0 Å². The summed E-state index contributed by atoms with van der Waals surface area (Å²) in [7, 11) is 1.44. The summed E-state index contributed by atoms with van der Waals surface area (Å²) in [6, 6.07) is 0. The van der Waals surface area contributed by atoms with Crippen LogP contribution in [0.3, 0.4) is 0 Å². The van der Waals surface area contributed by atoms with Gasteiger partial charge in [-0.05, 0) is 6.42 Å². The maximum Gasteiger partial charge on any atom is 0.269 e. The molecule has 56 valence electrons. The summed E-state index contributed by atoms with van der Waals surface area (Å²) in [4.78, 5) is 15.3. The third-order valence-corrected chi connectivity index (χ3v) is 1.34. The van der Waals surface area contributed by atoms with E-state index in [1.54, 1.807) is 0 Å². The number of rotatable bonds is 1. The zero-order valence-electron chi connectivity index (χ0n) is 5.89. The molecule has 0 saturated carbocycles. The summed E-state index contributed by atoms with van der Waals surface area (Å²) in [5, 5.41) is 6.24. The molecule has 0 aromatic heterocycles. The van der Waals surface area contributed by atoms with Crippen LogP contribution in [-0.2, 0) is 9.63 Å². The second-order valence-corrected chi connectivity index (χ2v) is 2.08. The van der Waals surface area contributed by atoms with Gasteiger partial charge in [0.1, 0.15) is 12.8 Å². The number of piperidine rings is 1. The number of hydrogen-bond donors (Lipinski definition) is 1. The van der Waals surface area contributed by atoms with Crippen molar-refractivity contribution in [3.8, 4) is 0 Å². The highest BCUT2D eigenvalue weighted by atomic mass is 16.6. The lowest BCUT2D eigenvalue weighted by Crippen LogP contribution is -2.36. The molecule has 0 aromatic rings. The summed E-state index contributed by atoms with van der Waals surface area (Å²) in [5.74, 6) is -0.104. The quantitative estimate of drug-likeness (QED) is 0.520. The highest BCUT2D eigenvalue weighted by Gasteiger charge is 2.15. The van der Waals surface area contributed by atoms with Crippen molar-refractivity contribution in [3.63, 3.8) is 0 Å². The molecular formula is C6H10N2O2. The van der Waals surface area contributed by atoms with E-state index >= 15 is 0 Å². The molecule has 0 aromatic carbocycles. The van der Waals surface area contributed by atoms with Gasteiger partial charge in [-0.3, -0.25) is 4.79 Å². The van der Waals surface area contributed by atoms with Gasteiger partial charge in [-0.25, -0.2) is 0 Å². The molecule has 1 aliphatic rings. The molecule has 1 N–H and O–H groups in total. The largest absolute Gasteiger partial charge is 0.399 e. The van der Waals surface area contributed by atoms with Crippen molar-refractivity contribution in [2.75, 3.05) is 13.7 Å². The molecule has 1 aliphatic heterocycles. The number of carbonyl (C=O) groups excluding carboxylic acids is 1. The number of carbonyl (C=O) groups is 1. The topological polar surface area (TPSA) is 50.7 Å². The zero-order valence-corrected chi connectivity index (χ0v) is 5.89. The molecule has 0 bridgehead atoms. The van der Waals surface area contributed by atoms with E-state index in [-0.39, 0.29) is 5.91 Å².